The number of hydrogen-bond donors (Lipinski definition) is 1. The second kappa shape index (κ2) is 8.69. The van der Waals surface area contributed by atoms with Gasteiger partial charge in [0, 0.05) is 6.54 Å². The fraction of sp³-hybridized carbons (Fsp3) is 0.421. The van der Waals surface area contributed by atoms with Crippen molar-refractivity contribution in [3.8, 4) is 0 Å². The molecule has 0 unspecified atom stereocenters. The zero-order valence-electron chi connectivity index (χ0n) is 15.3. The Morgan fingerprint density at radius 1 is 1.19 bits per heavy atom. The van der Waals surface area contributed by atoms with Crippen molar-refractivity contribution in [1.82, 2.24) is 9.62 Å². The Morgan fingerprint density at radius 3 is 2.48 bits per heavy atom. The highest BCUT2D eigenvalue weighted by Crippen LogP contribution is 2.25. The van der Waals surface area contributed by atoms with Crippen LogP contribution in [-0.4, -0.2) is 46.0 Å². The topological polar surface area (TPSA) is 88.8 Å². The van der Waals surface area contributed by atoms with E-state index in [1.54, 1.807) is 6.26 Å². The van der Waals surface area contributed by atoms with E-state index in [1.807, 2.05) is 12.1 Å². The summed E-state index contributed by atoms with van der Waals surface area (Å²) < 4.78 is 38.2. The highest BCUT2D eigenvalue weighted by atomic mass is 32.2. The van der Waals surface area contributed by atoms with Gasteiger partial charge in [0.25, 0.3) is 0 Å². The normalized spacial score (nSPS) is 16.8. The molecule has 1 N–H and O–H groups in total. The highest BCUT2D eigenvalue weighted by Gasteiger charge is 2.26. The van der Waals surface area contributed by atoms with Gasteiger partial charge in [0.15, 0.2) is 0 Å². The number of piperidine rings is 1. The maximum absolute atomic E-state index is 12.7. The van der Waals surface area contributed by atoms with Gasteiger partial charge < -0.3 is 9.15 Å². The first-order chi connectivity index (χ1) is 13.0. The van der Waals surface area contributed by atoms with Crippen LogP contribution in [0.3, 0.4) is 0 Å². The molecule has 8 heteroatoms. The lowest BCUT2D eigenvalue weighted by Gasteiger charge is -2.33. The molecule has 0 spiro atoms. The number of ether oxygens (including phenoxy) is 1. The molecule has 1 aromatic carbocycles. The fourth-order valence-electron chi connectivity index (χ4n) is 3.28. The van der Waals surface area contributed by atoms with Crippen LogP contribution in [0.2, 0.25) is 0 Å². The second-order valence-electron chi connectivity index (χ2n) is 6.50. The summed E-state index contributed by atoms with van der Waals surface area (Å²) >= 11 is 0. The number of carbonyl (C=O) groups excluding carboxylic acids is 1. The lowest BCUT2D eigenvalue weighted by Crippen LogP contribution is -2.40. The molecule has 7 nitrogen and oxygen atoms in total. The van der Waals surface area contributed by atoms with Crippen molar-refractivity contribution >= 4 is 16.0 Å². The molecule has 0 radical (unpaired) electrons. The zero-order chi connectivity index (χ0) is 19.3. The Labute approximate surface area is 159 Å². The smallest absolute Gasteiger partial charge is 0.337 e. The third kappa shape index (κ3) is 4.77. The molecule has 2 heterocycles. The van der Waals surface area contributed by atoms with E-state index in [-0.39, 0.29) is 17.5 Å². The summed E-state index contributed by atoms with van der Waals surface area (Å²) in [5.41, 5.74) is 0.304. The Hall–Kier alpha value is -2.16. The van der Waals surface area contributed by atoms with Gasteiger partial charge in [-0.25, -0.2) is 17.9 Å². The number of furan rings is 1. The average molecular weight is 392 g/mol. The van der Waals surface area contributed by atoms with Gasteiger partial charge in [0.05, 0.1) is 29.9 Å². The minimum absolute atomic E-state index is 0.104. The van der Waals surface area contributed by atoms with Crippen molar-refractivity contribution in [3.05, 3.63) is 54.0 Å². The molecule has 2 aromatic rings. The first kappa shape index (κ1) is 19.6. The first-order valence-corrected chi connectivity index (χ1v) is 10.4. The summed E-state index contributed by atoms with van der Waals surface area (Å²) in [6.07, 6.45) is 4.99. The van der Waals surface area contributed by atoms with Gasteiger partial charge in [0.1, 0.15) is 5.76 Å². The van der Waals surface area contributed by atoms with Gasteiger partial charge in [-0.3, -0.25) is 4.90 Å². The van der Waals surface area contributed by atoms with Crippen LogP contribution in [0.4, 0.5) is 0 Å². The molecular formula is C19H24N2O5S. The van der Waals surface area contributed by atoms with Crippen LogP contribution < -0.4 is 4.72 Å². The molecule has 146 valence electrons. The summed E-state index contributed by atoms with van der Waals surface area (Å²) in [5.74, 6) is 0.246. The largest absolute Gasteiger partial charge is 0.468 e. The van der Waals surface area contributed by atoms with Crippen LogP contribution in [0.25, 0.3) is 0 Å². The van der Waals surface area contributed by atoms with Crippen LogP contribution in [0.5, 0.6) is 0 Å². The number of nitrogens with one attached hydrogen (secondary N) is 1. The van der Waals surface area contributed by atoms with Crippen molar-refractivity contribution in [2.45, 2.75) is 30.2 Å². The summed E-state index contributed by atoms with van der Waals surface area (Å²) in [7, 11) is -2.42. The third-order valence-corrected chi connectivity index (χ3v) is 6.19. The van der Waals surface area contributed by atoms with Crippen LogP contribution >= 0.6 is 0 Å². The van der Waals surface area contributed by atoms with Gasteiger partial charge in [-0.05, 0) is 62.3 Å². The zero-order valence-corrected chi connectivity index (χ0v) is 16.1. The SMILES string of the molecule is COC(=O)c1ccc(S(=O)(=O)NC[C@@H](c2ccco2)N2CCCCC2)cc1. The Balaban J connectivity index is 1.72. The summed E-state index contributed by atoms with van der Waals surface area (Å²) in [5, 5.41) is 0. The predicted octanol–water partition coefficient (Wildman–Crippen LogP) is 2.57. The van der Waals surface area contributed by atoms with E-state index >= 15 is 0 Å². The van der Waals surface area contributed by atoms with Gasteiger partial charge >= 0.3 is 5.97 Å². The van der Waals surface area contributed by atoms with Crippen molar-refractivity contribution in [2.75, 3.05) is 26.7 Å². The monoisotopic (exact) mass is 392 g/mol. The number of esters is 1. The summed E-state index contributed by atoms with van der Waals surface area (Å²) in [6.45, 7) is 2.05. The van der Waals surface area contributed by atoms with E-state index in [0.29, 0.717) is 5.56 Å². The molecular weight excluding hydrogens is 368 g/mol. The predicted molar refractivity (Wildman–Crippen MR) is 99.8 cm³/mol. The van der Waals surface area contributed by atoms with Crippen LogP contribution in [0, 0.1) is 0 Å². The highest BCUT2D eigenvalue weighted by molar-refractivity contribution is 7.89. The van der Waals surface area contributed by atoms with E-state index in [4.69, 9.17) is 4.42 Å². The molecule has 0 bridgehead atoms. The lowest BCUT2D eigenvalue weighted by atomic mass is 10.1. The van der Waals surface area contributed by atoms with Crippen molar-refractivity contribution < 1.29 is 22.4 Å². The van der Waals surface area contributed by atoms with Gasteiger partial charge in [0.2, 0.25) is 10.0 Å². The number of carbonyl (C=O) groups is 1. The fourth-order valence-corrected chi connectivity index (χ4v) is 4.32. The van der Waals surface area contributed by atoms with E-state index in [9.17, 15) is 13.2 Å². The third-order valence-electron chi connectivity index (χ3n) is 4.76. The van der Waals surface area contributed by atoms with Gasteiger partial charge in [-0.15, -0.1) is 0 Å². The van der Waals surface area contributed by atoms with Crippen LogP contribution in [-0.2, 0) is 14.8 Å². The molecule has 3 rings (SSSR count). The molecule has 1 aliphatic heterocycles. The molecule has 0 saturated carbocycles. The maximum atomic E-state index is 12.7. The van der Waals surface area contributed by atoms with E-state index in [2.05, 4.69) is 14.4 Å². The number of hydrogen-bond acceptors (Lipinski definition) is 6. The van der Waals surface area contributed by atoms with E-state index < -0.39 is 16.0 Å². The standard InChI is InChI=1S/C19H24N2O5S/c1-25-19(22)15-7-9-16(10-8-15)27(23,24)20-14-17(18-6-5-13-26-18)21-11-3-2-4-12-21/h5-10,13,17,20H,2-4,11-12,14H2,1H3/t17-/m0/s1. The van der Waals surface area contributed by atoms with Crippen LogP contribution in [0.15, 0.2) is 52.0 Å². The number of likely N-dealkylation sites (tertiary alicyclic amines) is 1. The van der Waals surface area contributed by atoms with E-state index in [0.717, 1.165) is 31.7 Å². The minimum atomic E-state index is -3.70. The number of benzene rings is 1. The van der Waals surface area contributed by atoms with Gasteiger partial charge in [-0.2, -0.15) is 0 Å². The summed E-state index contributed by atoms with van der Waals surface area (Å²) in [4.78, 5) is 13.9. The molecule has 27 heavy (non-hydrogen) atoms. The molecule has 1 fully saturated rings. The minimum Gasteiger partial charge on any atom is -0.468 e. The summed E-state index contributed by atoms with van der Waals surface area (Å²) in [6, 6.07) is 9.22. The average Bonchev–Trinajstić information content (AvgIpc) is 3.23. The Bertz CT molecular complexity index is 841. The first-order valence-electron chi connectivity index (χ1n) is 8.97. The lowest BCUT2D eigenvalue weighted by molar-refractivity contribution is 0.0600. The molecule has 1 aromatic heterocycles. The van der Waals surface area contributed by atoms with Crippen molar-refractivity contribution in [2.24, 2.45) is 0 Å². The quantitative estimate of drug-likeness (QED) is 0.729. The molecule has 0 amide bonds. The van der Waals surface area contributed by atoms with Crippen LogP contribution in [0.1, 0.15) is 41.4 Å². The Morgan fingerprint density at radius 2 is 1.89 bits per heavy atom. The maximum Gasteiger partial charge on any atom is 0.337 e. The second-order valence-corrected chi connectivity index (χ2v) is 8.26. The van der Waals surface area contributed by atoms with Gasteiger partial charge in [-0.1, -0.05) is 6.42 Å². The Kier molecular flexibility index (Phi) is 6.30. The van der Waals surface area contributed by atoms with Crippen molar-refractivity contribution in [1.29, 1.82) is 0 Å². The number of nitrogens with zero attached hydrogens (tertiary/aromatic N) is 1. The van der Waals surface area contributed by atoms with E-state index in [1.165, 1.54) is 37.8 Å². The van der Waals surface area contributed by atoms with Crippen molar-refractivity contribution in [3.63, 3.8) is 0 Å². The number of methoxy groups -OCH3 is 1. The molecule has 1 saturated heterocycles. The molecule has 1 aliphatic rings. The molecule has 1 atom stereocenters. The molecule has 0 aliphatic carbocycles. The number of rotatable bonds is 7. The number of sulfonamides is 1.